The maximum atomic E-state index is 12.1. The van der Waals surface area contributed by atoms with Crippen molar-refractivity contribution in [2.24, 2.45) is 5.10 Å². The standard InChI is InChI=1S/C24H23N3O3/c1-17-6-10-20(11-7-17)24(29)27-25-15-19-4-3-5-22(14-19)30-16-23(28)26-21-12-8-18(2)9-13-21/h3-15H,16H2,1-2H3,(H,26,28)(H,27,29)/b25-15+. The van der Waals surface area contributed by atoms with E-state index in [2.05, 4.69) is 15.8 Å². The molecule has 0 aliphatic carbocycles. The Balaban J connectivity index is 1.50. The van der Waals surface area contributed by atoms with E-state index in [9.17, 15) is 9.59 Å². The zero-order chi connectivity index (χ0) is 21.3. The van der Waals surface area contributed by atoms with Crippen LogP contribution >= 0.6 is 0 Å². The first kappa shape index (κ1) is 20.8. The first-order valence-corrected chi connectivity index (χ1v) is 9.49. The Labute approximate surface area is 175 Å². The number of nitrogens with zero attached hydrogens (tertiary/aromatic N) is 1. The maximum absolute atomic E-state index is 12.1. The Morgan fingerprint density at radius 3 is 2.30 bits per heavy atom. The Kier molecular flexibility index (Phi) is 6.95. The molecule has 0 fully saturated rings. The lowest BCUT2D eigenvalue weighted by Crippen LogP contribution is -2.20. The molecule has 6 nitrogen and oxygen atoms in total. The van der Waals surface area contributed by atoms with E-state index < -0.39 is 0 Å². The van der Waals surface area contributed by atoms with Crippen LogP contribution in [0.5, 0.6) is 5.75 Å². The third kappa shape index (κ3) is 6.31. The molecule has 0 aliphatic rings. The van der Waals surface area contributed by atoms with Crippen molar-refractivity contribution in [1.82, 2.24) is 5.43 Å². The van der Waals surface area contributed by atoms with Crippen molar-refractivity contribution in [3.8, 4) is 5.75 Å². The van der Waals surface area contributed by atoms with Gasteiger partial charge in [0.05, 0.1) is 6.21 Å². The number of anilines is 1. The second kappa shape index (κ2) is 10.0. The van der Waals surface area contributed by atoms with Crippen molar-refractivity contribution < 1.29 is 14.3 Å². The molecule has 152 valence electrons. The van der Waals surface area contributed by atoms with Crippen molar-refractivity contribution in [3.63, 3.8) is 0 Å². The molecule has 0 saturated heterocycles. The van der Waals surface area contributed by atoms with E-state index >= 15 is 0 Å². The molecule has 3 aromatic carbocycles. The fourth-order valence-electron chi connectivity index (χ4n) is 2.60. The molecule has 0 spiro atoms. The van der Waals surface area contributed by atoms with Gasteiger partial charge in [0.2, 0.25) is 0 Å². The summed E-state index contributed by atoms with van der Waals surface area (Å²) in [6.07, 6.45) is 1.52. The average molecular weight is 401 g/mol. The maximum Gasteiger partial charge on any atom is 0.271 e. The van der Waals surface area contributed by atoms with Crippen molar-refractivity contribution in [2.45, 2.75) is 13.8 Å². The number of nitrogens with one attached hydrogen (secondary N) is 2. The first-order valence-electron chi connectivity index (χ1n) is 9.49. The summed E-state index contributed by atoms with van der Waals surface area (Å²) >= 11 is 0. The van der Waals surface area contributed by atoms with Gasteiger partial charge in [-0.1, -0.05) is 47.5 Å². The predicted molar refractivity (Wildman–Crippen MR) is 118 cm³/mol. The lowest BCUT2D eigenvalue weighted by Gasteiger charge is -2.08. The van der Waals surface area contributed by atoms with Gasteiger partial charge in [0.1, 0.15) is 5.75 Å². The Morgan fingerprint density at radius 2 is 1.60 bits per heavy atom. The van der Waals surface area contributed by atoms with Crippen LogP contribution in [0.15, 0.2) is 77.9 Å². The quantitative estimate of drug-likeness (QED) is 0.462. The highest BCUT2D eigenvalue weighted by Gasteiger charge is 2.05. The minimum absolute atomic E-state index is 0.112. The lowest BCUT2D eigenvalue weighted by molar-refractivity contribution is -0.118. The molecular formula is C24H23N3O3. The summed E-state index contributed by atoms with van der Waals surface area (Å²) in [5, 5.41) is 6.76. The highest BCUT2D eigenvalue weighted by atomic mass is 16.5. The molecule has 3 rings (SSSR count). The Bertz CT molecular complexity index is 1040. The van der Waals surface area contributed by atoms with Gasteiger partial charge in [-0.25, -0.2) is 5.43 Å². The summed E-state index contributed by atoms with van der Waals surface area (Å²) in [6, 6.07) is 21.9. The van der Waals surface area contributed by atoms with Gasteiger partial charge < -0.3 is 10.1 Å². The zero-order valence-electron chi connectivity index (χ0n) is 16.9. The van der Waals surface area contributed by atoms with Gasteiger partial charge in [-0.15, -0.1) is 0 Å². The molecule has 2 N–H and O–H groups in total. The van der Waals surface area contributed by atoms with Crippen molar-refractivity contribution in [1.29, 1.82) is 0 Å². The van der Waals surface area contributed by atoms with Gasteiger partial charge >= 0.3 is 0 Å². The number of ether oxygens (including phenoxy) is 1. The number of hydrogen-bond donors (Lipinski definition) is 2. The van der Waals surface area contributed by atoms with Gasteiger partial charge in [-0.3, -0.25) is 9.59 Å². The van der Waals surface area contributed by atoms with E-state index in [1.165, 1.54) is 6.21 Å². The largest absolute Gasteiger partial charge is 0.484 e. The second-order valence-electron chi connectivity index (χ2n) is 6.84. The molecule has 0 saturated carbocycles. The molecular weight excluding hydrogens is 378 g/mol. The first-order chi connectivity index (χ1) is 14.5. The molecule has 2 amide bonds. The molecule has 0 bridgehead atoms. The van der Waals surface area contributed by atoms with Gasteiger partial charge in [0.15, 0.2) is 6.61 Å². The number of benzene rings is 3. The van der Waals surface area contributed by atoms with E-state index in [0.29, 0.717) is 11.3 Å². The van der Waals surface area contributed by atoms with Crippen molar-refractivity contribution in [2.75, 3.05) is 11.9 Å². The van der Waals surface area contributed by atoms with E-state index in [1.807, 2.05) is 56.3 Å². The summed E-state index contributed by atoms with van der Waals surface area (Å²) in [4.78, 5) is 24.1. The van der Waals surface area contributed by atoms with Crippen molar-refractivity contribution in [3.05, 3.63) is 95.1 Å². The van der Waals surface area contributed by atoms with Crippen LogP contribution < -0.4 is 15.5 Å². The zero-order valence-corrected chi connectivity index (χ0v) is 16.9. The van der Waals surface area contributed by atoms with E-state index in [-0.39, 0.29) is 18.4 Å². The molecule has 3 aromatic rings. The highest BCUT2D eigenvalue weighted by Crippen LogP contribution is 2.13. The van der Waals surface area contributed by atoms with E-state index in [0.717, 1.165) is 22.4 Å². The lowest BCUT2D eigenvalue weighted by atomic mass is 10.1. The number of carbonyl (C=O) groups excluding carboxylic acids is 2. The van der Waals surface area contributed by atoms with Crippen LogP contribution in [0, 0.1) is 13.8 Å². The number of hydrazone groups is 1. The van der Waals surface area contributed by atoms with Gasteiger partial charge in [-0.05, 0) is 55.8 Å². The summed E-state index contributed by atoms with van der Waals surface area (Å²) in [7, 11) is 0. The predicted octanol–water partition coefficient (Wildman–Crippen LogP) is 4.08. The summed E-state index contributed by atoms with van der Waals surface area (Å²) in [5.74, 6) is -0.00224. The third-order valence-electron chi connectivity index (χ3n) is 4.26. The molecule has 0 heterocycles. The monoisotopic (exact) mass is 401 g/mol. The van der Waals surface area contributed by atoms with Gasteiger partial charge in [0.25, 0.3) is 11.8 Å². The number of hydrogen-bond acceptors (Lipinski definition) is 4. The van der Waals surface area contributed by atoms with Crippen LogP contribution in [-0.2, 0) is 4.79 Å². The fraction of sp³-hybridized carbons (Fsp3) is 0.125. The molecule has 0 atom stereocenters. The highest BCUT2D eigenvalue weighted by molar-refractivity contribution is 5.95. The third-order valence-corrected chi connectivity index (χ3v) is 4.26. The van der Waals surface area contributed by atoms with Crippen LogP contribution in [0.25, 0.3) is 0 Å². The minimum Gasteiger partial charge on any atom is -0.484 e. The molecule has 0 aromatic heterocycles. The van der Waals surface area contributed by atoms with E-state index in [1.54, 1.807) is 30.3 Å². The number of amides is 2. The molecule has 0 unspecified atom stereocenters. The second-order valence-corrected chi connectivity index (χ2v) is 6.84. The summed E-state index contributed by atoms with van der Waals surface area (Å²) in [6.45, 7) is 3.83. The van der Waals surface area contributed by atoms with E-state index in [4.69, 9.17) is 4.74 Å². The summed E-state index contributed by atoms with van der Waals surface area (Å²) < 4.78 is 5.55. The van der Waals surface area contributed by atoms with Crippen LogP contribution in [-0.4, -0.2) is 24.6 Å². The molecule has 30 heavy (non-hydrogen) atoms. The van der Waals surface area contributed by atoms with Crippen molar-refractivity contribution >= 4 is 23.7 Å². The topological polar surface area (TPSA) is 79.8 Å². The average Bonchev–Trinajstić information content (AvgIpc) is 2.75. The fourth-order valence-corrected chi connectivity index (χ4v) is 2.60. The van der Waals surface area contributed by atoms with Crippen LogP contribution in [0.1, 0.15) is 27.0 Å². The molecule has 0 aliphatic heterocycles. The number of rotatable bonds is 7. The van der Waals surface area contributed by atoms with Crippen LogP contribution in [0.2, 0.25) is 0 Å². The molecule has 0 radical (unpaired) electrons. The SMILES string of the molecule is Cc1ccc(NC(=O)COc2cccc(/C=N/NC(=O)c3ccc(C)cc3)c2)cc1. The Hall–Kier alpha value is -3.93. The van der Waals surface area contributed by atoms with Crippen LogP contribution in [0.4, 0.5) is 5.69 Å². The van der Waals surface area contributed by atoms with Crippen LogP contribution in [0.3, 0.4) is 0 Å². The summed E-state index contributed by atoms with van der Waals surface area (Å²) in [5.41, 5.74) is 6.69. The number of carbonyl (C=O) groups is 2. The smallest absolute Gasteiger partial charge is 0.271 e. The Morgan fingerprint density at radius 1 is 0.933 bits per heavy atom. The normalized spacial score (nSPS) is 10.6. The van der Waals surface area contributed by atoms with Gasteiger partial charge in [0, 0.05) is 11.3 Å². The van der Waals surface area contributed by atoms with Gasteiger partial charge in [-0.2, -0.15) is 5.10 Å². The molecule has 6 heteroatoms. The number of aryl methyl sites for hydroxylation is 2. The minimum atomic E-state index is -0.286.